The summed E-state index contributed by atoms with van der Waals surface area (Å²) in [4.78, 5) is 11.6. The highest BCUT2D eigenvalue weighted by molar-refractivity contribution is 5.89. The minimum Gasteiger partial charge on any atom is -0.462 e. The summed E-state index contributed by atoms with van der Waals surface area (Å²) < 4.78 is 5.20. The van der Waals surface area contributed by atoms with Crippen molar-refractivity contribution < 1.29 is 9.53 Å². The third kappa shape index (κ3) is 3.74. The van der Waals surface area contributed by atoms with Gasteiger partial charge in [-0.05, 0) is 25.0 Å². The second kappa shape index (κ2) is 5.54. The lowest BCUT2D eigenvalue weighted by Gasteiger charge is -2.09. The van der Waals surface area contributed by atoms with Crippen molar-refractivity contribution in [3.63, 3.8) is 0 Å². The molecule has 0 saturated heterocycles. The van der Waals surface area contributed by atoms with Crippen LogP contribution in [-0.4, -0.2) is 12.6 Å². The second-order valence-electron chi connectivity index (χ2n) is 3.98. The van der Waals surface area contributed by atoms with Crippen molar-refractivity contribution in [2.75, 3.05) is 6.61 Å². The summed E-state index contributed by atoms with van der Waals surface area (Å²) in [6.07, 6.45) is 1.03. The number of esters is 1. The van der Waals surface area contributed by atoms with Gasteiger partial charge in [-0.15, -0.1) is 0 Å². The summed E-state index contributed by atoms with van der Waals surface area (Å²) in [5.74, 6) is 0.206. The number of aryl methyl sites for hydroxylation is 1. The molecule has 15 heavy (non-hydrogen) atoms. The van der Waals surface area contributed by atoms with E-state index in [1.54, 1.807) is 6.07 Å². The quantitative estimate of drug-likeness (QED) is 0.707. The maximum atomic E-state index is 11.6. The molecule has 0 heterocycles. The van der Waals surface area contributed by atoms with Crippen LogP contribution in [0, 0.1) is 12.8 Å². The summed E-state index contributed by atoms with van der Waals surface area (Å²) in [6.45, 7) is 6.63. The Labute approximate surface area is 91.3 Å². The fraction of sp³-hybridized carbons (Fsp3) is 0.462. The summed E-state index contributed by atoms with van der Waals surface area (Å²) in [6, 6.07) is 7.46. The van der Waals surface area contributed by atoms with Crippen LogP contribution >= 0.6 is 0 Å². The molecule has 0 aliphatic heterocycles. The van der Waals surface area contributed by atoms with Crippen LogP contribution in [0.15, 0.2) is 24.3 Å². The van der Waals surface area contributed by atoms with Crippen LogP contribution < -0.4 is 0 Å². The van der Waals surface area contributed by atoms with E-state index in [0.29, 0.717) is 18.1 Å². The van der Waals surface area contributed by atoms with Gasteiger partial charge >= 0.3 is 5.97 Å². The van der Waals surface area contributed by atoms with Gasteiger partial charge in [0.25, 0.3) is 0 Å². The first-order valence-electron chi connectivity index (χ1n) is 5.37. The highest BCUT2D eigenvalue weighted by Gasteiger charge is 2.08. The van der Waals surface area contributed by atoms with Gasteiger partial charge < -0.3 is 4.74 Å². The molecule has 0 radical (unpaired) electrons. The number of hydrogen-bond donors (Lipinski definition) is 0. The third-order valence-corrected chi connectivity index (χ3v) is 2.45. The van der Waals surface area contributed by atoms with Gasteiger partial charge in [-0.1, -0.05) is 38.0 Å². The van der Waals surface area contributed by atoms with Gasteiger partial charge in [0.05, 0.1) is 12.2 Å². The molecular formula is C13H18O2. The van der Waals surface area contributed by atoms with Gasteiger partial charge in [0, 0.05) is 0 Å². The van der Waals surface area contributed by atoms with Gasteiger partial charge in [0.2, 0.25) is 0 Å². The van der Waals surface area contributed by atoms with E-state index >= 15 is 0 Å². The van der Waals surface area contributed by atoms with Crippen LogP contribution in [0.1, 0.15) is 36.2 Å². The van der Waals surface area contributed by atoms with Gasteiger partial charge in [0.1, 0.15) is 0 Å². The summed E-state index contributed by atoms with van der Waals surface area (Å²) in [5, 5.41) is 0. The molecule has 0 aliphatic carbocycles. The van der Waals surface area contributed by atoms with Crippen LogP contribution in [0.25, 0.3) is 0 Å². The third-order valence-electron chi connectivity index (χ3n) is 2.45. The topological polar surface area (TPSA) is 26.3 Å². The number of ether oxygens (including phenoxy) is 1. The molecule has 0 unspecified atom stereocenters. The van der Waals surface area contributed by atoms with E-state index in [1.807, 2.05) is 25.1 Å². The Morgan fingerprint density at radius 1 is 1.47 bits per heavy atom. The molecule has 0 fully saturated rings. The average Bonchev–Trinajstić information content (AvgIpc) is 2.25. The van der Waals surface area contributed by atoms with Crippen molar-refractivity contribution in [2.24, 2.45) is 5.92 Å². The van der Waals surface area contributed by atoms with E-state index < -0.39 is 0 Å². The Morgan fingerprint density at radius 3 is 2.80 bits per heavy atom. The van der Waals surface area contributed by atoms with Gasteiger partial charge in [-0.3, -0.25) is 0 Å². The summed E-state index contributed by atoms with van der Waals surface area (Å²) in [5.41, 5.74) is 1.71. The Kier molecular flexibility index (Phi) is 4.35. The van der Waals surface area contributed by atoms with Crippen LogP contribution in [0.4, 0.5) is 0 Å². The zero-order valence-electron chi connectivity index (χ0n) is 9.62. The lowest BCUT2D eigenvalue weighted by Crippen LogP contribution is -2.11. The van der Waals surface area contributed by atoms with Crippen LogP contribution in [0.2, 0.25) is 0 Å². The standard InChI is InChI=1S/C13H18O2/c1-4-10(2)9-15-13(14)12-7-5-6-11(3)8-12/h5-8,10H,4,9H2,1-3H3/t10-/m1/s1. The molecule has 0 amide bonds. The van der Waals surface area contributed by atoms with Crippen molar-refractivity contribution in [3.8, 4) is 0 Å². The van der Waals surface area contributed by atoms with E-state index in [0.717, 1.165) is 12.0 Å². The second-order valence-corrected chi connectivity index (χ2v) is 3.98. The molecule has 0 N–H and O–H groups in total. The fourth-order valence-corrected chi connectivity index (χ4v) is 1.19. The van der Waals surface area contributed by atoms with E-state index in [-0.39, 0.29) is 5.97 Å². The number of carbonyl (C=O) groups is 1. The van der Waals surface area contributed by atoms with Crippen molar-refractivity contribution in [1.82, 2.24) is 0 Å². The smallest absolute Gasteiger partial charge is 0.338 e. The SMILES string of the molecule is CC[C@@H](C)COC(=O)c1cccc(C)c1. The number of rotatable bonds is 4. The van der Waals surface area contributed by atoms with Crippen LogP contribution in [-0.2, 0) is 4.74 Å². The minimum atomic E-state index is -0.223. The van der Waals surface area contributed by atoms with E-state index in [2.05, 4.69) is 13.8 Å². The molecule has 1 atom stereocenters. The van der Waals surface area contributed by atoms with Crippen molar-refractivity contribution in [1.29, 1.82) is 0 Å². The maximum Gasteiger partial charge on any atom is 0.338 e. The Bertz CT molecular complexity index is 331. The van der Waals surface area contributed by atoms with Crippen molar-refractivity contribution in [3.05, 3.63) is 35.4 Å². The molecule has 82 valence electrons. The lowest BCUT2D eigenvalue weighted by atomic mass is 10.1. The molecule has 1 rings (SSSR count). The Morgan fingerprint density at radius 2 is 2.20 bits per heavy atom. The summed E-state index contributed by atoms with van der Waals surface area (Å²) in [7, 11) is 0. The van der Waals surface area contributed by atoms with Crippen LogP contribution in [0.5, 0.6) is 0 Å². The molecule has 0 aromatic heterocycles. The molecular weight excluding hydrogens is 188 g/mol. The zero-order valence-corrected chi connectivity index (χ0v) is 9.62. The highest BCUT2D eigenvalue weighted by Crippen LogP contribution is 2.07. The largest absolute Gasteiger partial charge is 0.462 e. The summed E-state index contributed by atoms with van der Waals surface area (Å²) >= 11 is 0. The van der Waals surface area contributed by atoms with Gasteiger partial charge in [0.15, 0.2) is 0 Å². The van der Waals surface area contributed by atoms with E-state index in [1.165, 1.54) is 0 Å². The molecule has 2 heteroatoms. The number of benzene rings is 1. The first-order valence-corrected chi connectivity index (χ1v) is 5.37. The molecule has 1 aromatic carbocycles. The normalized spacial score (nSPS) is 12.2. The minimum absolute atomic E-state index is 0.223. The van der Waals surface area contributed by atoms with Gasteiger partial charge in [-0.25, -0.2) is 4.79 Å². The fourth-order valence-electron chi connectivity index (χ4n) is 1.19. The van der Waals surface area contributed by atoms with E-state index in [4.69, 9.17) is 4.74 Å². The maximum absolute atomic E-state index is 11.6. The predicted octanol–water partition coefficient (Wildman–Crippen LogP) is 3.20. The average molecular weight is 206 g/mol. The molecule has 0 saturated carbocycles. The Balaban J connectivity index is 2.54. The first kappa shape index (κ1) is 11.8. The van der Waals surface area contributed by atoms with Crippen molar-refractivity contribution >= 4 is 5.97 Å². The molecule has 0 aliphatic rings. The molecule has 0 spiro atoms. The molecule has 0 bridgehead atoms. The molecule has 1 aromatic rings. The monoisotopic (exact) mass is 206 g/mol. The Hall–Kier alpha value is -1.31. The highest BCUT2D eigenvalue weighted by atomic mass is 16.5. The predicted molar refractivity (Wildman–Crippen MR) is 60.9 cm³/mol. The number of carbonyl (C=O) groups excluding carboxylic acids is 1. The zero-order chi connectivity index (χ0) is 11.3. The first-order chi connectivity index (χ1) is 7.13. The van der Waals surface area contributed by atoms with Crippen LogP contribution in [0.3, 0.4) is 0 Å². The van der Waals surface area contributed by atoms with Crippen molar-refractivity contribution in [2.45, 2.75) is 27.2 Å². The lowest BCUT2D eigenvalue weighted by molar-refractivity contribution is 0.0447. The van der Waals surface area contributed by atoms with Gasteiger partial charge in [-0.2, -0.15) is 0 Å². The number of hydrogen-bond acceptors (Lipinski definition) is 2. The molecule has 2 nitrogen and oxygen atoms in total. The van der Waals surface area contributed by atoms with E-state index in [9.17, 15) is 4.79 Å².